The maximum absolute atomic E-state index is 13.9. The van der Waals surface area contributed by atoms with Gasteiger partial charge >= 0.3 is 12.1 Å². The average molecular weight is 760 g/mol. The number of carbonyl (C=O) groups is 2. The van der Waals surface area contributed by atoms with Crippen LogP contribution in [0.2, 0.25) is 0 Å². The molecule has 0 aromatic heterocycles. The zero-order chi connectivity index (χ0) is 34.7. The van der Waals surface area contributed by atoms with Gasteiger partial charge in [0.1, 0.15) is 0 Å². The van der Waals surface area contributed by atoms with E-state index in [1.165, 1.54) is 97.1 Å². The molecule has 248 valence electrons. The predicted molar refractivity (Wildman–Crippen MR) is 181 cm³/mol. The van der Waals surface area contributed by atoms with Gasteiger partial charge in [0, 0.05) is 0 Å². The van der Waals surface area contributed by atoms with E-state index in [4.69, 9.17) is 57.9 Å². The standard InChI is InChI=1S/C30H27Cl4N5O6S2/c31-27(32,21-13-5-1-6-14-21)29(35,46(42,43)23-17-9-3-10-18-23)38-25(40)37-26(41)39-30(36,28(33,34)22-15-7-2-8-16-22)47(44,45)24-19-11-4-12-20-24/h1-20H,35-36H2,(H3,37,38,39,40,41). The quantitative estimate of drug-likeness (QED) is 0.112. The second-order valence-electron chi connectivity index (χ2n) is 10.0. The summed E-state index contributed by atoms with van der Waals surface area (Å²) < 4.78 is 50.6. The van der Waals surface area contributed by atoms with Crippen LogP contribution in [0.5, 0.6) is 0 Å². The van der Waals surface area contributed by atoms with Crippen molar-refractivity contribution in [2.75, 3.05) is 0 Å². The van der Waals surface area contributed by atoms with Crippen molar-refractivity contribution in [1.29, 1.82) is 0 Å². The van der Waals surface area contributed by atoms with Crippen molar-refractivity contribution in [3.8, 4) is 0 Å². The summed E-state index contributed by atoms with van der Waals surface area (Å²) in [4.78, 5) is 19.9. The Bertz CT molecular complexity index is 1820. The lowest BCUT2D eigenvalue weighted by atomic mass is 10.1. The molecule has 0 fully saturated rings. The van der Waals surface area contributed by atoms with Crippen molar-refractivity contribution in [2.45, 2.75) is 28.4 Å². The molecule has 0 heterocycles. The number of benzene rings is 4. The molecule has 2 atom stereocenters. The number of alkyl halides is 4. The number of hydrogen-bond donors (Lipinski definition) is 5. The van der Waals surface area contributed by atoms with Crippen molar-refractivity contribution in [3.05, 3.63) is 132 Å². The van der Waals surface area contributed by atoms with E-state index in [0.717, 1.165) is 0 Å². The number of nitrogens with one attached hydrogen (secondary N) is 3. The SMILES string of the molecule is NC(NC(=O)NC(=O)NC(N)(C(Cl)(Cl)c1ccccc1)S(=O)(=O)c1ccccc1)(C(Cl)(Cl)c1ccccc1)S(=O)(=O)c1ccccc1. The summed E-state index contributed by atoms with van der Waals surface area (Å²) in [6.07, 6.45) is 0. The van der Waals surface area contributed by atoms with Crippen LogP contribution in [0, 0.1) is 0 Å². The van der Waals surface area contributed by atoms with Gasteiger partial charge in [0.2, 0.25) is 29.7 Å². The number of halogens is 4. The monoisotopic (exact) mass is 757 g/mol. The Morgan fingerprint density at radius 1 is 0.489 bits per heavy atom. The number of sulfone groups is 2. The number of urea groups is 2. The minimum atomic E-state index is -4.84. The molecular weight excluding hydrogens is 732 g/mol. The maximum atomic E-state index is 13.9. The first-order chi connectivity index (χ1) is 21.9. The smallest absolute Gasteiger partial charge is 0.303 e. The summed E-state index contributed by atoms with van der Waals surface area (Å²) >= 11 is 26.5. The molecule has 4 aromatic carbocycles. The van der Waals surface area contributed by atoms with Gasteiger partial charge in [-0.2, -0.15) is 0 Å². The van der Waals surface area contributed by atoms with Crippen LogP contribution in [0.25, 0.3) is 0 Å². The molecule has 0 bridgehead atoms. The van der Waals surface area contributed by atoms with Gasteiger partial charge in [0.05, 0.1) is 9.79 Å². The molecule has 11 nitrogen and oxygen atoms in total. The fraction of sp³-hybridized carbons (Fsp3) is 0.133. The molecule has 0 saturated carbocycles. The molecule has 0 aliphatic rings. The fourth-order valence-corrected chi connectivity index (χ4v) is 9.48. The summed E-state index contributed by atoms with van der Waals surface area (Å²) in [5.74, 6) is 0. The number of carbonyl (C=O) groups excluding carboxylic acids is 2. The summed E-state index contributed by atoms with van der Waals surface area (Å²) in [6, 6.07) is 25.0. The molecule has 0 saturated heterocycles. The lowest BCUT2D eigenvalue weighted by molar-refractivity contribution is 0.217. The average Bonchev–Trinajstić information content (AvgIpc) is 3.05. The number of hydrogen-bond acceptors (Lipinski definition) is 8. The van der Waals surface area contributed by atoms with Gasteiger partial charge < -0.3 is 10.6 Å². The van der Waals surface area contributed by atoms with Crippen molar-refractivity contribution in [3.63, 3.8) is 0 Å². The molecule has 0 aliphatic carbocycles. The first-order valence-corrected chi connectivity index (χ1v) is 17.8. The Morgan fingerprint density at radius 3 is 1.02 bits per heavy atom. The molecule has 2 unspecified atom stereocenters. The van der Waals surface area contributed by atoms with Crippen molar-refractivity contribution >= 4 is 78.1 Å². The third-order valence-corrected chi connectivity index (χ3v) is 13.8. The Morgan fingerprint density at radius 2 is 0.745 bits per heavy atom. The Kier molecular flexibility index (Phi) is 10.6. The molecule has 0 aliphatic heterocycles. The molecule has 0 spiro atoms. The minimum Gasteiger partial charge on any atom is -0.303 e. The number of nitrogens with two attached hydrogens (primary N) is 2. The second kappa shape index (κ2) is 13.6. The van der Waals surface area contributed by atoms with E-state index < -0.39 is 50.4 Å². The molecule has 7 N–H and O–H groups in total. The predicted octanol–water partition coefficient (Wildman–Crippen LogP) is 4.83. The molecule has 0 radical (unpaired) electrons. The highest BCUT2D eigenvalue weighted by Gasteiger charge is 2.61. The molecule has 17 heteroatoms. The topological polar surface area (TPSA) is 191 Å². The van der Waals surface area contributed by atoms with Crippen molar-refractivity contribution in [1.82, 2.24) is 16.0 Å². The lowest BCUT2D eigenvalue weighted by Gasteiger charge is -2.40. The van der Waals surface area contributed by atoms with Crippen LogP contribution >= 0.6 is 46.4 Å². The van der Waals surface area contributed by atoms with Crippen molar-refractivity contribution in [2.24, 2.45) is 11.5 Å². The van der Waals surface area contributed by atoms with E-state index in [0.29, 0.717) is 0 Å². The van der Waals surface area contributed by atoms with Crippen LogP contribution < -0.4 is 27.4 Å². The van der Waals surface area contributed by atoms with Gasteiger partial charge in [-0.3, -0.25) is 16.8 Å². The third kappa shape index (κ3) is 6.67. The molecule has 47 heavy (non-hydrogen) atoms. The van der Waals surface area contributed by atoms with Crippen LogP contribution in [-0.2, 0) is 28.3 Å². The summed E-state index contributed by atoms with van der Waals surface area (Å²) in [7, 11) is -9.69. The highest BCUT2D eigenvalue weighted by atomic mass is 35.5. The molecule has 4 amide bonds. The Labute approximate surface area is 291 Å². The van der Waals surface area contributed by atoms with Gasteiger partial charge in [0.15, 0.2) is 8.67 Å². The van der Waals surface area contributed by atoms with Gasteiger partial charge in [-0.05, 0) is 35.4 Å². The van der Waals surface area contributed by atoms with Gasteiger partial charge in [-0.1, -0.05) is 143 Å². The van der Waals surface area contributed by atoms with Crippen LogP contribution in [0.3, 0.4) is 0 Å². The normalized spacial score (nSPS) is 15.0. The Balaban J connectivity index is 1.73. The van der Waals surface area contributed by atoms with E-state index >= 15 is 0 Å². The molecule has 4 rings (SSSR count). The highest BCUT2D eigenvalue weighted by molar-refractivity contribution is 7.93. The number of rotatable bonds is 10. The lowest BCUT2D eigenvalue weighted by Crippen LogP contribution is -2.73. The van der Waals surface area contributed by atoms with E-state index in [1.54, 1.807) is 29.6 Å². The molecule has 4 aromatic rings. The summed E-state index contributed by atoms with van der Waals surface area (Å²) in [5, 5.41) is 5.74. The minimum absolute atomic E-state index is 0.0260. The van der Waals surface area contributed by atoms with Crippen molar-refractivity contribution < 1.29 is 26.4 Å². The van der Waals surface area contributed by atoms with E-state index in [2.05, 4.69) is 0 Å². The largest absolute Gasteiger partial charge is 0.325 e. The van der Waals surface area contributed by atoms with Gasteiger partial charge in [0.25, 0.3) is 0 Å². The van der Waals surface area contributed by atoms with E-state index in [-0.39, 0.29) is 20.9 Å². The van der Waals surface area contributed by atoms with E-state index in [9.17, 15) is 26.4 Å². The molecular formula is C30H27Cl4N5O6S2. The Hall–Kier alpha value is -3.40. The van der Waals surface area contributed by atoms with Crippen LogP contribution in [0.1, 0.15) is 11.1 Å². The van der Waals surface area contributed by atoms with Gasteiger partial charge in [-0.25, -0.2) is 26.4 Å². The first-order valence-electron chi connectivity index (χ1n) is 13.4. The fourth-order valence-electron chi connectivity index (χ4n) is 4.43. The van der Waals surface area contributed by atoms with Crippen LogP contribution in [-0.4, -0.2) is 38.9 Å². The zero-order valence-electron chi connectivity index (χ0n) is 24.0. The maximum Gasteiger partial charge on any atom is 0.325 e. The summed E-state index contributed by atoms with van der Waals surface area (Å²) in [5.41, 5.74) is 12.7. The van der Waals surface area contributed by atoms with Gasteiger partial charge in [-0.15, -0.1) is 0 Å². The van der Waals surface area contributed by atoms with E-state index in [1.807, 2.05) is 10.6 Å². The third-order valence-electron chi connectivity index (χ3n) is 6.99. The second-order valence-corrected chi connectivity index (χ2v) is 16.9. The summed E-state index contributed by atoms with van der Waals surface area (Å²) in [6.45, 7) is 0. The first kappa shape index (κ1) is 36.4. The van der Waals surface area contributed by atoms with Crippen LogP contribution in [0.15, 0.2) is 131 Å². The van der Waals surface area contributed by atoms with Crippen LogP contribution in [0.4, 0.5) is 9.59 Å². The zero-order valence-corrected chi connectivity index (χ0v) is 28.6. The number of imide groups is 1. The number of amides is 4. The highest BCUT2D eigenvalue weighted by Crippen LogP contribution is 2.47.